The maximum absolute atomic E-state index is 13.5. The Morgan fingerprint density at radius 1 is 0.607 bits per heavy atom. The second-order valence-electron chi connectivity index (χ2n) is 7.73. The molecule has 0 fully saturated rings. The van der Waals surface area contributed by atoms with Gasteiger partial charge in [-0.3, -0.25) is 9.59 Å². The molecule has 7 rings (SSSR count). The minimum absolute atomic E-state index is 0.167. The second-order valence-corrected chi connectivity index (χ2v) is 7.73. The van der Waals surface area contributed by atoms with Gasteiger partial charge in [-0.1, -0.05) is 66.2 Å². The van der Waals surface area contributed by atoms with Gasteiger partial charge >= 0.3 is 0 Å². The summed E-state index contributed by atoms with van der Waals surface area (Å²) in [7, 11) is 0. The Kier molecular flexibility index (Phi) is 2.95. The van der Waals surface area contributed by atoms with Crippen LogP contribution < -0.4 is 4.90 Å². The highest BCUT2D eigenvalue weighted by Crippen LogP contribution is 2.58. The van der Waals surface area contributed by atoms with E-state index in [1.807, 2.05) is 55.5 Å². The van der Waals surface area contributed by atoms with Gasteiger partial charge in [0.2, 0.25) is 0 Å². The quantitative estimate of drug-likeness (QED) is 0.599. The fourth-order valence-corrected chi connectivity index (χ4v) is 5.08. The molecule has 0 N–H and O–H groups in total. The van der Waals surface area contributed by atoms with Crippen molar-refractivity contribution in [2.75, 3.05) is 4.90 Å². The summed E-state index contributed by atoms with van der Waals surface area (Å²) in [6.07, 6.45) is 0. The highest BCUT2D eigenvalue weighted by atomic mass is 16.2. The Bertz CT molecular complexity index is 1100. The standard InChI is InChI=1S/C25H17NO2/c1-14-10-12-15(13-11-14)26-24(27)22-20-16-6-2-3-7-17(16)21(23(22)25(26)28)19-9-5-4-8-18(19)20/h2-13,20-21H,1H3. The zero-order valence-electron chi connectivity index (χ0n) is 15.3. The number of nitrogens with zero attached hydrogens (tertiary/aromatic N) is 1. The van der Waals surface area contributed by atoms with Gasteiger partial charge in [-0.05, 0) is 41.3 Å². The summed E-state index contributed by atoms with van der Waals surface area (Å²) in [5.41, 5.74) is 7.66. The van der Waals surface area contributed by atoms with Gasteiger partial charge in [-0.25, -0.2) is 4.90 Å². The SMILES string of the molecule is Cc1ccc(N2C(=O)C3=C(C2=O)C2c4ccccc4C3c3ccccc32)cc1. The molecule has 2 amide bonds. The van der Waals surface area contributed by atoms with Gasteiger partial charge in [0, 0.05) is 23.0 Å². The van der Waals surface area contributed by atoms with E-state index in [4.69, 9.17) is 0 Å². The number of anilines is 1. The summed E-state index contributed by atoms with van der Waals surface area (Å²) in [6.45, 7) is 1.99. The van der Waals surface area contributed by atoms with Crippen molar-refractivity contribution in [3.8, 4) is 0 Å². The number of hydrogen-bond donors (Lipinski definition) is 0. The Hall–Kier alpha value is -3.46. The van der Waals surface area contributed by atoms with E-state index in [2.05, 4.69) is 24.3 Å². The van der Waals surface area contributed by atoms with Crippen molar-refractivity contribution in [3.05, 3.63) is 112 Å². The Morgan fingerprint density at radius 2 is 1.00 bits per heavy atom. The topological polar surface area (TPSA) is 37.4 Å². The molecule has 4 aliphatic rings. The number of imide groups is 1. The van der Waals surface area contributed by atoms with Crippen molar-refractivity contribution in [3.63, 3.8) is 0 Å². The van der Waals surface area contributed by atoms with Crippen LogP contribution in [0.4, 0.5) is 5.69 Å². The highest BCUT2D eigenvalue weighted by Gasteiger charge is 2.53. The van der Waals surface area contributed by atoms with Crippen LogP contribution in [-0.4, -0.2) is 11.8 Å². The molecule has 0 spiro atoms. The molecule has 0 saturated heterocycles. The van der Waals surface area contributed by atoms with Gasteiger partial charge in [0.15, 0.2) is 0 Å². The molecule has 0 radical (unpaired) electrons. The minimum atomic E-state index is -0.178. The molecule has 0 saturated carbocycles. The van der Waals surface area contributed by atoms with Crippen molar-refractivity contribution < 1.29 is 9.59 Å². The van der Waals surface area contributed by atoms with Crippen LogP contribution in [0, 0.1) is 6.92 Å². The van der Waals surface area contributed by atoms with E-state index in [-0.39, 0.29) is 23.7 Å². The Balaban J connectivity index is 1.59. The predicted molar refractivity (Wildman–Crippen MR) is 107 cm³/mol. The molecule has 0 aromatic heterocycles. The van der Waals surface area contributed by atoms with Crippen molar-refractivity contribution in [1.29, 1.82) is 0 Å². The third kappa shape index (κ3) is 1.79. The van der Waals surface area contributed by atoms with Gasteiger partial charge in [0.05, 0.1) is 5.69 Å². The summed E-state index contributed by atoms with van der Waals surface area (Å²) in [5.74, 6) is -0.690. The molecule has 1 aliphatic heterocycles. The molecule has 3 heteroatoms. The average molecular weight is 363 g/mol. The molecule has 0 atom stereocenters. The third-order valence-electron chi connectivity index (χ3n) is 6.26. The number of carbonyl (C=O) groups is 2. The summed E-state index contributed by atoms with van der Waals surface area (Å²) in [5, 5.41) is 0. The average Bonchev–Trinajstić information content (AvgIpc) is 3.00. The lowest BCUT2D eigenvalue weighted by Gasteiger charge is -2.39. The second kappa shape index (κ2) is 5.29. The molecule has 3 aliphatic carbocycles. The summed E-state index contributed by atoms with van der Waals surface area (Å²) in [4.78, 5) is 28.3. The summed E-state index contributed by atoms with van der Waals surface area (Å²) < 4.78 is 0. The number of carbonyl (C=O) groups excluding carboxylic acids is 2. The first-order valence-corrected chi connectivity index (χ1v) is 9.54. The van der Waals surface area contributed by atoms with Gasteiger partial charge in [0.1, 0.15) is 0 Å². The van der Waals surface area contributed by atoms with Gasteiger partial charge in [-0.15, -0.1) is 0 Å². The van der Waals surface area contributed by atoms with Gasteiger partial charge < -0.3 is 0 Å². The highest BCUT2D eigenvalue weighted by molar-refractivity contribution is 6.34. The predicted octanol–water partition coefficient (Wildman–Crippen LogP) is 4.46. The molecule has 28 heavy (non-hydrogen) atoms. The first-order chi connectivity index (χ1) is 13.7. The van der Waals surface area contributed by atoms with Crippen LogP contribution in [0.25, 0.3) is 0 Å². The lowest BCUT2D eigenvalue weighted by atomic mass is 9.61. The fourth-order valence-electron chi connectivity index (χ4n) is 5.08. The minimum Gasteiger partial charge on any atom is -0.269 e. The lowest BCUT2D eigenvalue weighted by Crippen LogP contribution is -2.32. The molecule has 134 valence electrons. The van der Waals surface area contributed by atoms with E-state index in [0.29, 0.717) is 16.8 Å². The molecular formula is C25H17NO2. The van der Waals surface area contributed by atoms with Crippen LogP contribution in [0.15, 0.2) is 83.9 Å². The van der Waals surface area contributed by atoms with Crippen LogP contribution in [0.1, 0.15) is 39.7 Å². The number of benzene rings is 3. The lowest BCUT2D eigenvalue weighted by molar-refractivity contribution is -0.120. The molecule has 0 unspecified atom stereocenters. The Morgan fingerprint density at radius 3 is 1.39 bits per heavy atom. The normalized spacial score (nSPS) is 21.7. The van der Waals surface area contributed by atoms with E-state index in [1.165, 1.54) is 4.90 Å². The van der Waals surface area contributed by atoms with Crippen LogP contribution in [0.3, 0.4) is 0 Å². The van der Waals surface area contributed by atoms with E-state index in [9.17, 15) is 9.59 Å². The van der Waals surface area contributed by atoms with Crippen molar-refractivity contribution in [2.24, 2.45) is 0 Å². The van der Waals surface area contributed by atoms with Crippen LogP contribution in [0.2, 0.25) is 0 Å². The van der Waals surface area contributed by atoms with Crippen molar-refractivity contribution in [1.82, 2.24) is 0 Å². The number of hydrogen-bond acceptors (Lipinski definition) is 2. The Labute approximate surface area is 162 Å². The molecule has 3 aromatic carbocycles. The van der Waals surface area contributed by atoms with E-state index in [1.54, 1.807) is 0 Å². The van der Waals surface area contributed by atoms with Crippen LogP contribution in [0.5, 0.6) is 0 Å². The maximum atomic E-state index is 13.5. The van der Waals surface area contributed by atoms with Gasteiger partial charge in [0.25, 0.3) is 11.8 Å². The van der Waals surface area contributed by atoms with E-state index >= 15 is 0 Å². The first kappa shape index (κ1) is 15.6. The van der Waals surface area contributed by atoms with E-state index < -0.39 is 0 Å². The van der Waals surface area contributed by atoms with Gasteiger partial charge in [-0.2, -0.15) is 0 Å². The maximum Gasteiger partial charge on any atom is 0.262 e. The number of amides is 2. The summed E-state index contributed by atoms with van der Waals surface area (Å²) in [6, 6.07) is 24.0. The van der Waals surface area contributed by atoms with Crippen molar-refractivity contribution in [2.45, 2.75) is 18.8 Å². The van der Waals surface area contributed by atoms with Crippen LogP contribution in [-0.2, 0) is 9.59 Å². The first-order valence-electron chi connectivity index (χ1n) is 9.54. The third-order valence-corrected chi connectivity index (χ3v) is 6.26. The van der Waals surface area contributed by atoms with E-state index in [0.717, 1.165) is 27.8 Å². The molecule has 3 nitrogen and oxygen atoms in total. The monoisotopic (exact) mass is 363 g/mol. The molecular weight excluding hydrogens is 346 g/mol. The number of rotatable bonds is 1. The molecule has 1 heterocycles. The molecule has 2 bridgehead atoms. The summed E-state index contributed by atoms with van der Waals surface area (Å²) >= 11 is 0. The largest absolute Gasteiger partial charge is 0.269 e. The van der Waals surface area contributed by atoms with Crippen molar-refractivity contribution >= 4 is 17.5 Å². The fraction of sp³-hybridized carbons (Fsp3) is 0.120. The smallest absolute Gasteiger partial charge is 0.262 e. The molecule has 3 aromatic rings. The zero-order chi connectivity index (χ0) is 19.0. The van der Waals surface area contributed by atoms with Crippen LogP contribution >= 0.6 is 0 Å². The zero-order valence-corrected chi connectivity index (χ0v) is 15.3. The number of aryl methyl sites for hydroxylation is 1.